The highest BCUT2D eigenvalue weighted by Crippen LogP contribution is 2.19. The van der Waals surface area contributed by atoms with Crippen molar-refractivity contribution in [3.05, 3.63) is 29.8 Å². The van der Waals surface area contributed by atoms with Crippen LogP contribution in [0.15, 0.2) is 24.3 Å². The second-order valence-corrected chi connectivity index (χ2v) is 5.31. The molecule has 0 fully saturated rings. The molecule has 0 aromatic heterocycles. The van der Waals surface area contributed by atoms with E-state index in [1.54, 1.807) is 7.11 Å². The van der Waals surface area contributed by atoms with Crippen molar-refractivity contribution < 1.29 is 4.74 Å². The molecule has 0 heterocycles. The molecular formula is C16H28N2O. The third-order valence-corrected chi connectivity index (χ3v) is 3.51. The summed E-state index contributed by atoms with van der Waals surface area (Å²) >= 11 is 0. The zero-order chi connectivity index (χ0) is 14.3. The van der Waals surface area contributed by atoms with Gasteiger partial charge in [-0.3, -0.25) is 0 Å². The Kier molecular flexibility index (Phi) is 6.89. The van der Waals surface area contributed by atoms with E-state index in [0.717, 1.165) is 25.3 Å². The minimum Gasteiger partial charge on any atom is -0.497 e. The molecule has 0 radical (unpaired) electrons. The van der Waals surface area contributed by atoms with Gasteiger partial charge >= 0.3 is 0 Å². The van der Waals surface area contributed by atoms with Crippen molar-refractivity contribution in [3.63, 3.8) is 0 Å². The maximum Gasteiger partial charge on any atom is 0.118 e. The first-order chi connectivity index (χ1) is 9.08. The second kappa shape index (κ2) is 8.18. The lowest BCUT2D eigenvalue weighted by Crippen LogP contribution is -2.36. The summed E-state index contributed by atoms with van der Waals surface area (Å²) in [4.78, 5) is 2.37. The van der Waals surface area contributed by atoms with Crippen LogP contribution in [-0.2, 0) is 0 Å². The fourth-order valence-corrected chi connectivity index (χ4v) is 1.94. The molecule has 108 valence electrons. The molecule has 1 aromatic rings. The van der Waals surface area contributed by atoms with E-state index in [-0.39, 0.29) is 0 Å². The predicted molar refractivity (Wildman–Crippen MR) is 81.8 cm³/mol. The standard InChI is InChI=1S/C16H28N2O/c1-6-11-17-16(12-18(4)13(2)3)14-7-9-15(19-5)10-8-14/h7-10,13,16-17H,6,11-12H2,1-5H3. The Morgan fingerprint density at radius 1 is 1.21 bits per heavy atom. The van der Waals surface area contributed by atoms with Crippen LogP contribution in [0.1, 0.15) is 38.8 Å². The molecule has 1 aromatic carbocycles. The summed E-state index contributed by atoms with van der Waals surface area (Å²) in [6.07, 6.45) is 1.15. The van der Waals surface area contributed by atoms with Crippen LogP contribution in [0.3, 0.4) is 0 Å². The van der Waals surface area contributed by atoms with Crippen molar-refractivity contribution in [3.8, 4) is 5.75 Å². The fraction of sp³-hybridized carbons (Fsp3) is 0.625. The van der Waals surface area contributed by atoms with E-state index in [2.05, 4.69) is 50.2 Å². The van der Waals surface area contributed by atoms with Crippen LogP contribution < -0.4 is 10.1 Å². The molecule has 3 heteroatoms. The minimum atomic E-state index is 0.373. The summed E-state index contributed by atoms with van der Waals surface area (Å²) in [7, 11) is 3.88. The molecule has 0 amide bonds. The first-order valence-corrected chi connectivity index (χ1v) is 7.16. The molecule has 0 aliphatic heterocycles. The van der Waals surface area contributed by atoms with Crippen LogP contribution in [-0.4, -0.2) is 38.2 Å². The average molecular weight is 264 g/mol. The normalized spacial score (nSPS) is 13.0. The third kappa shape index (κ3) is 5.21. The summed E-state index contributed by atoms with van der Waals surface area (Å²) in [6, 6.07) is 9.31. The van der Waals surface area contributed by atoms with Gasteiger partial charge < -0.3 is 15.0 Å². The molecule has 1 rings (SSSR count). The van der Waals surface area contributed by atoms with Crippen LogP contribution in [0.2, 0.25) is 0 Å². The van der Waals surface area contributed by atoms with Gasteiger partial charge in [-0.1, -0.05) is 19.1 Å². The Bertz CT molecular complexity index is 348. The second-order valence-electron chi connectivity index (χ2n) is 5.31. The highest BCUT2D eigenvalue weighted by atomic mass is 16.5. The Morgan fingerprint density at radius 3 is 2.32 bits per heavy atom. The van der Waals surface area contributed by atoms with E-state index in [9.17, 15) is 0 Å². The average Bonchev–Trinajstić information content (AvgIpc) is 2.43. The molecule has 0 aliphatic rings. The number of rotatable bonds is 8. The van der Waals surface area contributed by atoms with Gasteiger partial charge in [0.1, 0.15) is 5.75 Å². The SMILES string of the molecule is CCCNC(CN(C)C(C)C)c1ccc(OC)cc1. The third-order valence-electron chi connectivity index (χ3n) is 3.51. The van der Waals surface area contributed by atoms with Gasteiger partial charge in [0, 0.05) is 18.6 Å². The Labute approximate surface area is 118 Å². The number of methoxy groups -OCH3 is 1. The van der Waals surface area contributed by atoms with Gasteiger partial charge in [0.05, 0.1) is 7.11 Å². The lowest BCUT2D eigenvalue weighted by molar-refractivity contribution is 0.242. The largest absolute Gasteiger partial charge is 0.497 e. The van der Waals surface area contributed by atoms with E-state index < -0.39 is 0 Å². The zero-order valence-corrected chi connectivity index (χ0v) is 12.9. The quantitative estimate of drug-likeness (QED) is 0.781. The van der Waals surface area contributed by atoms with Gasteiger partial charge in [0.2, 0.25) is 0 Å². The number of likely N-dealkylation sites (N-methyl/N-ethyl adjacent to an activating group) is 1. The van der Waals surface area contributed by atoms with Crippen molar-refractivity contribution in [2.24, 2.45) is 0 Å². The van der Waals surface area contributed by atoms with Crippen molar-refractivity contribution in [1.82, 2.24) is 10.2 Å². The smallest absolute Gasteiger partial charge is 0.118 e. The molecule has 1 atom stereocenters. The van der Waals surface area contributed by atoms with Gasteiger partial charge in [0.15, 0.2) is 0 Å². The molecule has 0 aliphatic carbocycles. The van der Waals surface area contributed by atoms with Gasteiger partial charge in [-0.25, -0.2) is 0 Å². The Balaban J connectivity index is 2.76. The molecule has 19 heavy (non-hydrogen) atoms. The summed E-state index contributed by atoms with van der Waals surface area (Å²) in [5.41, 5.74) is 1.32. The molecule has 3 nitrogen and oxygen atoms in total. The van der Waals surface area contributed by atoms with E-state index >= 15 is 0 Å². The maximum atomic E-state index is 5.22. The van der Waals surface area contributed by atoms with E-state index in [4.69, 9.17) is 4.74 Å². The monoisotopic (exact) mass is 264 g/mol. The molecule has 0 saturated heterocycles. The van der Waals surface area contributed by atoms with E-state index in [1.807, 2.05) is 12.1 Å². The highest BCUT2D eigenvalue weighted by molar-refractivity contribution is 5.29. The zero-order valence-electron chi connectivity index (χ0n) is 12.9. The van der Waals surface area contributed by atoms with E-state index in [0.29, 0.717) is 12.1 Å². The first-order valence-electron chi connectivity index (χ1n) is 7.16. The minimum absolute atomic E-state index is 0.373. The van der Waals surface area contributed by atoms with Crippen LogP contribution in [0.5, 0.6) is 5.75 Å². The van der Waals surface area contributed by atoms with Gasteiger partial charge in [0.25, 0.3) is 0 Å². The van der Waals surface area contributed by atoms with Crippen LogP contribution in [0, 0.1) is 0 Å². The Hall–Kier alpha value is -1.06. The van der Waals surface area contributed by atoms with E-state index in [1.165, 1.54) is 5.56 Å². The molecule has 0 bridgehead atoms. The predicted octanol–water partition coefficient (Wildman–Crippen LogP) is 3.08. The van der Waals surface area contributed by atoms with Crippen molar-refractivity contribution in [1.29, 1.82) is 0 Å². The van der Waals surface area contributed by atoms with Crippen LogP contribution >= 0.6 is 0 Å². The molecule has 1 N–H and O–H groups in total. The number of nitrogens with zero attached hydrogens (tertiary/aromatic N) is 1. The molecule has 0 saturated carbocycles. The van der Waals surface area contributed by atoms with Crippen molar-refractivity contribution in [2.45, 2.75) is 39.3 Å². The molecule has 0 spiro atoms. The van der Waals surface area contributed by atoms with Crippen LogP contribution in [0.25, 0.3) is 0 Å². The van der Waals surface area contributed by atoms with Crippen molar-refractivity contribution in [2.75, 3.05) is 27.2 Å². The lowest BCUT2D eigenvalue weighted by atomic mass is 10.1. The summed E-state index contributed by atoms with van der Waals surface area (Å²) in [5, 5.41) is 3.63. The summed E-state index contributed by atoms with van der Waals surface area (Å²) in [6.45, 7) is 8.71. The van der Waals surface area contributed by atoms with Gasteiger partial charge in [-0.2, -0.15) is 0 Å². The van der Waals surface area contributed by atoms with Gasteiger partial charge in [-0.05, 0) is 51.6 Å². The number of hydrogen-bond donors (Lipinski definition) is 1. The van der Waals surface area contributed by atoms with Crippen molar-refractivity contribution >= 4 is 0 Å². The maximum absolute atomic E-state index is 5.22. The fourth-order valence-electron chi connectivity index (χ4n) is 1.94. The molecular weight excluding hydrogens is 236 g/mol. The first kappa shape index (κ1) is 16.0. The number of ether oxygens (including phenoxy) is 1. The van der Waals surface area contributed by atoms with Crippen LogP contribution in [0.4, 0.5) is 0 Å². The Morgan fingerprint density at radius 2 is 1.84 bits per heavy atom. The number of nitrogens with one attached hydrogen (secondary N) is 1. The lowest BCUT2D eigenvalue weighted by Gasteiger charge is -2.28. The topological polar surface area (TPSA) is 24.5 Å². The molecule has 1 unspecified atom stereocenters. The summed E-state index contributed by atoms with van der Waals surface area (Å²) < 4.78 is 5.22. The number of hydrogen-bond acceptors (Lipinski definition) is 3. The highest BCUT2D eigenvalue weighted by Gasteiger charge is 2.14. The van der Waals surface area contributed by atoms with Gasteiger partial charge in [-0.15, -0.1) is 0 Å². The summed E-state index contributed by atoms with van der Waals surface area (Å²) in [5.74, 6) is 0.912. The number of benzene rings is 1.